The lowest BCUT2D eigenvalue weighted by atomic mass is 9.93. The zero-order valence-electron chi connectivity index (χ0n) is 10.4. The predicted molar refractivity (Wildman–Crippen MR) is 69.9 cm³/mol. The summed E-state index contributed by atoms with van der Waals surface area (Å²) in [6, 6.07) is 0. The van der Waals surface area contributed by atoms with E-state index in [0.29, 0.717) is 5.13 Å². The number of aliphatic hydroxyl groups is 1. The Morgan fingerprint density at radius 2 is 2.12 bits per heavy atom. The van der Waals surface area contributed by atoms with E-state index in [-0.39, 0.29) is 5.41 Å². The summed E-state index contributed by atoms with van der Waals surface area (Å²) in [6.07, 6.45) is 0. The van der Waals surface area contributed by atoms with Crippen molar-refractivity contribution in [3.8, 4) is 0 Å². The predicted octanol–water partition coefficient (Wildman–Crippen LogP) is 1.56. The number of anilines is 1. The molecule has 0 fully saturated rings. The Kier molecular flexibility index (Phi) is 4.16. The Balaban J connectivity index is 2.87. The lowest BCUT2D eigenvalue weighted by Gasteiger charge is -2.14. The number of hydrogen-bond donors (Lipinski definition) is 2. The number of rotatable bonds is 4. The standard InChI is InChI=1S/C10H18N2O3S2/c1-7(5-13)17(14,15)12-9-11-8(6-16-9)10(2,3)4/h6-7,13H,5H2,1-4H3,(H,11,12). The van der Waals surface area contributed by atoms with Crippen molar-refractivity contribution in [2.75, 3.05) is 11.3 Å². The fourth-order valence-corrected chi connectivity index (χ4v) is 2.99. The molecule has 0 saturated carbocycles. The summed E-state index contributed by atoms with van der Waals surface area (Å²) in [5, 5.41) is 10.2. The van der Waals surface area contributed by atoms with Gasteiger partial charge in [-0.25, -0.2) is 13.4 Å². The maximum absolute atomic E-state index is 11.7. The number of nitrogens with one attached hydrogen (secondary N) is 1. The van der Waals surface area contributed by atoms with Crippen LogP contribution >= 0.6 is 11.3 Å². The van der Waals surface area contributed by atoms with Gasteiger partial charge in [-0.15, -0.1) is 11.3 Å². The summed E-state index contributed by atoms with van der Waals surface area (Å²) in [6.45, 7) is 7.07. The number of sulfonamides is 1. The topological polar surface area (TPSA) is 79.3 Å². The van der Waals surface area contributed by atoms with Gasteiger partial charge in [0.05, 0.1) is 12.3 Å². The van der Waals surface area contributed by atoms with Crippen LogP contribution in [0.5, 0.6) is 0 Å². The molecule has 0 aromatic carbocycles. The minimum atomic E-state index is -3.55. The Labute approximate surface area is 106 Å². The minimum Gasteiger partial charge on any atom is -0.395 e. The molecule has 0 spiro atoms. The molecule has 1 rings (SSSR count). The van der Waals surface area contributed by atoms with Gasteiger partial charge in [0.1, 0.15) is 5.25 Å². The normalized spacial score (nSPS) is 14.6. The van der Waals surface area contributed by atoms with Gasteiger partial charge in [0.2, 0.25) is 10.0 Å². The van der Waals surface area contributed by atoms with E-state index in [2.05, 4.69) is 9.71 Å². The molecule has 1 aromatic rings. The van der Waals surface area contributed by atoms with Crippen LogP contribution in [0.1, 0.15) is 33.4 Å². The number of aliphatic hydroxyl groups excluding tert-OH is 1. The van der Waals surface area contributed by atoms with Gasteiger partial charge in [0, 0.05) is 10.8 Å². The summed E-state index contributed by atoms with van der Waals surface area (Å²) in [5.74, 6) is 0. The second-order valence-corrected chi connectivity index (χ2v) is 7.89. The second-order valence-electron chi connectivity index (χ2n) is 4.93. The van der Waals surface area contributed by atoms with Crippen molar-refractivity contribution in [2.45, 2.75) is 38.4 Å². The molecule has 0 radical (unpaired) electrons. The highest BCUT2D eigenvalue weighted by Gasteiger charge is 2.23. The van der Waals surface area contributed by atoms with E-state index in [9.17, 15) is 8.42 Å². The van der Waals surface area contributed by atoms with Gasteiger partial charge < -0.3 is 5.11 Å². The molecule has 7 heteroatoms. The molecular weight excluding hydrogens is 260 g/mol. The number of hydrogen-bond acceptors (Lipinski definition) is 5. The molecule has 0 aliphatic heterocycles. The lowest BCUT2D eigenvalue weighted by molar-refractivity contribution is 0.296. The minimum absolute atomic E-state index is 0.108. The van der Waals surface area contributed by atoms with Crippen LogP contribution in [0, 0.1) is 0 Å². The summed E-state index contributed by atoms with van der Waals surface area (Å²) in [5.41, 5.74) is 0.736. The van der Waals surface area contributed by atoms with Crippen LogP contribution in [-0.4, -0.2) is 30.4 Å². The Morgan fingerprint density at radius 3 is 2.53 bits per heavy atom. The van der Waals surface area contributed by atoms with Crippen molar-refractivity contribution in [2.24, 2.45) is 0 Å². The monoisotopic (exact) mass is 278 g/mol. The zero-order chi connectivity index (χ0) is 13.3. The van der Waals surface area contributed by atoms with Crippen LogP contribution in [-0.2, 0) is 15.4 Å². The fourth-order valence-electron chi connectivity index (χ4n) is 0.986. The van der Waals surface area contributed by atoms with Gasteiger partial charge in [0.15, 0.2) is 5.13 Å². The molecule has 1 atom stereocenters. The average molecular weight is 278 g/mol. The van der Waals surface area contributed by atoms with Crippen molar-refractivity contribution in [3.63, 3.8) is 0 Å². The van der Waals surface area contributed by atoms with E-state index < -0.39 is 21.9 Å². The molecule has 5 nitrogen and oxygen atoms in total. The van der Waals surface area contributed by atoms with E-state index in [1.165, 1.54) is 18.3 Å². The lowest BCUT2D eigenvalue weighted by Crippen LogP contribution is -2.28. The van der Waals surface area contributed by atoms with Crippen LogP contribution in [0.3, 0.4) is 0 Å². The largest absolute Gasteiger partial charge is 0.395 e. The maximum atomic E-state index is 11.7. The molecule has 0 saturated heterocycles. The molecule has 0 bridgehead atoms. The SMILES string of the molecule is CC(CO)S(=O)(=O)Nc1nc(C(C)(C)C)cs1. The van der Waals surface area contributed by atoms with Gasteiger partial charge in [-0.2, -0.15) is 0 Å². The highest BCUT2D eigenvalue weighted by atomic mass is 32.2. The molecule has 0 aliphatic carbocycles. The third-order valence-electron chi connectivity index (χ3n) is 2.29. The highest BCUT2D eigenvalue weighted by molar-refractivity contribution is 7.93. The molecule has 0 amide bonds. The molecule has 0 aliphatic rings. The molecule has 1 heterocycles. The van der Waals surface area contributed by atoms with Gasteiger partial charge in [-0.1, -0.05) is 20.8 Å². The first-order valence-electron chi connectivity index (χ1n) is 5.25. The molecule has 2 N–H and O–H groups in total. The first kappa shape index (κ1) is 14.4. The molecular formula is C10H18N2O3S2. The highest BCUT2D eigenvalue weighted by Crippen LogP contribution is 2.27. The van der Waals surface area contributed by atoms with Crippen molar-refractivity contribution in [3.05, 3.63) is 11.1 Å². The van der Waals surface area contributed by atoms with Crippen LogP contribution in [0.4, 0.5) is 5.13 Å². The number of thiazole rings is 1. The van der Waals surface area contributed by atoms with Crippen molar-refractivity contribution in [1.29, 1.82) is 0 Å². The molecule has 1 unspecified atom stereocenters. The van der Waals surface area contributed by atoms with E-state index in [4.69, 9.17) is 5.11 Å². The van der Waals surface area contributed by atoms with Crippen LogP contribution in [0.25, 0.3) is 0 Å². The van der Waals surface area contributed by atoms with Crippen molar-refractivity contribution in [1.82, 2.24) is 4.98 Å². The molecule has 17 heavy (non-hydrogen) atoms. The zero-order valence-corrected chi connectivity index (χ0v) is 12.0. The first-order chi connectivity index (χ1) is 7.66. The third-order valence-corrected chi connectivity index (χ3v) is 4.86. The quantitative estimate of drug-likeness (QED) is 0.876. The number of nitrogens with zero attached hydrogens (tertiary/aromatic N) is 1. The Bertz CT molecular complexity index is 474. The molecule has 1 aromatic heterocycles. The third kappa shape index (κ3) is 3.65. The van der Waals surface area contributed by atoms with E-state index in [0.717, 1.165) is 5.69 Å². The summed E-state index contributed by atoms with van der Waals surface area (Å²) < 4.78 is 25.8. The van der Waals surface area contributed by atoms with Crippen LogP contribution in [0.2, 0.25) is 0 Å². The van der Waals surface area contributed by atoms with Gasteiger partial charge in [-0.3, -0.25) is 4.72 Å². The van der Waals surface area contributed by atoms with Gasteiger partial charge in [-0.05, 0) is 6.92 Å². The van der Waals surface area contributed by atoms with Crippen LogP contribution in [0.15, 0.2) is 5.38 Å². The fraction of sp³-hybridized carbons (Fsp3) is 0.700. The summed E-state index contributed by atoms with van der Waals surface area (Å²) in [4.78, 5) is 4.23. The first-order valence-corrected chi connectivity index (χ1v) is 7.68. The van der Waals surface area contributed by atoms with Crippen molar-refractivity contribution < 1.29 is 13.5 Å². The van der Waals surface area contributed by atoms with Gasteiger partial charge >= 0.3 is 0 Å². The van der Waals surface area contributed by atoms with Crippen molar-refractivity contribution >= 4 is 26.5 Å². The molecule has 98 valence electrons. The Morgan fingerprint density at radius 1 is 1.53 bits per heavy atom. The summed E-state index contributed by atoms with van der Waals surface area (Å²) in [7, 11) is -3.55. The number of aromatic nitrogens is 1. The smallest absolute Gasteiger partial charge is 0.239 e. The maximum Gasteiger partial charge on any atom is 0.239 e. The average Bonchev–Trinajstić information content (AvgIpc) is 2.63. The van der Waals surface area contributed by atoms with Gasteiger partial charge in [0.25, 0.3) is 0 Å². The Hall–Kier alpha value is -0.660. The van der Waals surface area contributed by atoms with E-state index in [1.54, 1.807) is 0 Å². The second kappa shape index (κ2) is 4.91. The summed E-state index contributed by atoms with van der Waals surface area (Å²) >= 11 is 1.25. The van der Waals surface area contributed by atoms with E-state index >= 15 is 0 Å². The van der Waals surface area contributed by atoms with E-state index in [1.807, 2.05) is 26.2 Å². The van der Waals surface area contributed by atoms with Crippen LogP contribution < -0.4 is 4.72 Å².